The first-order valence-corrected chi connectivity index (χ1v) is 3.95. The van der Waals surface area contributed by atoms with E-state index in [0.29, 0.717) is 13.0 Å². The number of primary amides is 1. The number of nitrogens with zero attached hydrogens (tertiary/aromatic N) is 1. The second-order valence-electron chi connectivity index (χ2n) is 2.71. The summed E-state index contributed by atoms with van der Waals surface area (Å²) >= 11 is 0. The normalized spacial score (nSPS) is 19.8. The minimum absolute atomic E-state index is 0.140. The van der Waals surface area contributed by atoms with Crippen LogP contribution >= 0.6 is 0 Å². The maximum Gasteiger partial charge on any atom is 0.299 e. The Bertz CT molecular complexity index is 289. The summed E-state index contributed by atoms with van der Waals surface area (Å²) in [6, 6.07) is -0.473. The van der Waals surface area contributed by atoms with Gasteiger partial charge in [0.1, 0.15) is 6.04 Å². The molecule has 0 spiro atoms. The van der Waals surface area contributed by atoms with Crippen LogP contribution in [0.3, 0.4) is 0 Å². The fourth-order valence-electron chi connectivity index (χ4n) is 1.12. The Hall–Kier alpha value is -1.54. The third-order valence-corrected chi connectivity index (χ3v) is 1.91. The molecule has 1 atom stereocenters. The Labute approximate surface area is 76.0 Å². The first-order chi connectivity index (χ1) is 6.16. The summed E-state index contributed by atoms with van der Waals surface area (Å²) in [7, 11) is 0. The maximum absolute atomic E-state index is 11.2. The van der Waals surface area contributed by atoms with E-state index in [1.165, 1.54) is 4.90 Å². The van der Waals surface area contributed by atoms with Gasteiger partial charge in [0.15, 0.2) is 0 Å². The topological polar surface area (TPSA) is 89.4 Å². The number of carbonyl (C=O) groups excluding carboxylic acids is 2. The summed E-state index contributed by atoms with van der Waals surface area (Å²) in [5, 5.41) is 0. The van der Waals surface area contributed by atoms with E-state index in [4.69, 9.17) is 11.5 Å². The summed E-state index contributed by atoms with van der Waals surface area (Å²) in [6.07, 6.45) is 0.630. The van der Waals surface area contributed by atoms with Crippen LogP contribution in [0, 0.1) is 11.8 Å². The average Bonchev–Trinajstić information content (AvgIpc) is 1.97. The van der Waals surface area contributed by atoms with Gasteiger partial charge >= 0.3 is 0 Å². The standard InChI is InChI=1S/C8H11N3O2/c9-4-1-2-7(12)11-5-3-6(11)8(10)13/h6H,3-5,9H2,(H2,10,13). The SMILES string of the molecule is NCC#CC(=O)N1CCC1C(N)=O. The van der Waals surface area contributed by atoms with E-state index in [0.717, 1.165) is 0 Å². The van der Waals surface area contributed by atoms with Crippen LogP contribution in [0.25, 0.3) is 0 Å². The lowest BCUT2D eigenvalue weighted by Gasteiger charge is -2.37. The summed E-state index contributed by atoms with van der Waals surface area (Å²) in [5.74, 6) is 3.91. The van der Waals surface area contributed by atoms with Crippen molar-refractivity contribution in [2.45, 2.75) is 12.5 Å². The number of carbonyl (C=O) groups is 2. The van der Waals surface area contributed by atoms with Crippen molar-refractivity contribution in [1.29, 1.82) is 0 Å². The highest BCUT2D eigenvalue weighted by atomic mass is 16.2. The van der Waals surface area contributed by atoms with Crippen molar-refractivity contribution in [2.75, 3.05) is 13.1 Å². The van der Waals surface area contributed by atoms with Crippen LogP contribution in [-0.4, -0.2) is 35.8 Å². The number of hydrogen-bond donors (Lipinski definition) is 2. The second-order valence-corrected chi connectivity index (χ2v) is 2.71. The van der Waals surface area contributed by atoms with Gasteiger partial charge in [0.25, 0.3) is 5.91 Å². The van der Waals surface area contributed by atoms with Crippen LogP contribution in [-0.2, 0) is 9.59 Å². The monoisotopic (exact) mass is 181 g/mol. The van der Waals surface area contributed by atoms with Crippen LogP contribution < -0.4 is 11.5 Å². The minimum Gasteiger partial charge on any atom is -0.368 e. The third kappa shape index (κ3) is 1.98. The highest BCUT2D eigenvalue weighted by Crippen LogP contribution is 2.16. The predicted octanol–water partition coefficient (Wildman–Crippen LogP) is -1.97. The minimum atomic E-state index is -0.478. The van der Waals surface area contributed by atoms with Gasteiger partial charge in [-0.05, 0) is 12.3 Å². The molecule has 0 radical (unpaired) electrons. The molecule has 0 aliphatic carbocycles. The molecular weight excluding hydrogens is 170 g/mol. The lowest BCUT2D eigenvalue weighted by atomic mass is 10.0. The molecule has 1 fully saturated rings. The van der Waals surface area contributed by atoms with Crippen LogP contribution in [0.1, 0.15) is 6.42 Å². The van der Waals surface area contributed by atoms with Crippen molar-refractivity contribution in [3.63, 3.8) is 0 Å². The molecular formula is C8H11N3O2. The molecule has 13 heavy (non-hydrogen) atoms. The first-order valence-electron chi connectivity index (χ1n) is 3.95. The molecule has 1 aliphatic heterocycles. The summed E-state index contributed by atoms with van der Waals surface area (Å²) in [4.78, 5) is 23.3. The Morgan fingerprint density at radius 3 is 2.62 bits per heavy atom. The Kier molecular flexibility index (Phi) is 2.88. The smallest absolute Gasteiger partial charge is 0.299 e. The molecule has 1 aliphatic rings. The van der Waals surface area contributed by atoms with Gasteiger partial charge in [-0.25, -0.2) is 0 Å². The van der Waals surface area contributed by atoms with Gasteiger partial charge in [0, 0.05) is 6.54 Å². The first kappa shape index (κ1) is 9.55. The number of likely N-dealkylation sites (tertiary alicyclic amines) is 1. The molecule has 1 rings (SSSR count). The van der Waals surface area contributed by atoms with Crippen LogP contribution in [0.5, 0.6) is 0 Å². The molecule has 2 amide bonds. The molecule has 5 heteroatoms. The van der Waals surface area contributed by atoms with Gasteiger partial charge in [0.2, 0.25) is 5.91 Å². The van der Waals surface area contributed by atoms with Crippen LogP contribution in [0.15, 0.2) is 0 Å². The Morgan fingerprint density at radius 2 is 2.23 bits per heavy atom. The number of nitrogens with two attached hydrogens (primary N) is 2. The fraction of sp³-hybridized carbons (Fsp3) is 0.500. The van der Waals surface area contributed by atoms with Gasteiger partial charge in [-0.15, -0.1) is 0 Å². The van der Waals surface area contributed by atoms with Gasteiger partial charge < -0.3 is 16.4 Å². The maximum atomic E-state index is 11.2. The van der Waals surface area contributed by atoms with E-state index < -0.39 is 11.9 Å². The van der Waals surface area contributed by atoms with E-state index in [-0.39, 0.29) is 12.5 Å². The van der Waals surface area contributed by atoms with Crippen molar-refractivity contribution in [1.82, 2.24) is 4.90 Å². The van der Waals surface area contributed by atoms with Crippen molar-refractivity contribution in [3.05, 3.63) is 0 Å². The highest BCUT2D eigenvalue weighted by Gasteiger charge is 2.35. The van der Waals surface area contributed by atoms with Gasteiger partial charge in [0.05, 0.1) is 6.54 Å². The Balaban J connectivity index is 2.54. The second kappa shape index (κ2) is 3.92. The molecule has 1 heterocycles. The summed E-state index contributed by atoms with van der Waals surface area (Å²) in [6.45, 7) is 0.687. The van der Waals surface area contributed by atoms with Gasteiger partial charge in [-0.1, -0.05) is 5.92 Å². The van der Waals surface area contributed by atoms with Crippen molar-refractivity contribution in [2.24, 2.45) is 11.5 Å². The summed E-state index contributed by atoms with van der Waals surface area (Å²) in [5.41, 5.74) is 10.1. The molecule has 0 aromatic rings. The number of amides is 2. The largest absolute Gasteiger partial charge is 0.368 e. The van der Waals surface area contributed by atoms with E-state index in [9.17, 15) is 9.59 Å². The third-order valence-electron chi connectivity index (χ3n) is 1.91. The number of hydrogen-bond acceptors (Lipinski definition) is 3. The fourth-order valence-corrected chi connectivity index (χ4v) is 1.12. The molecule has 5 nitrogen and oxygen atoms in total. The van der Waals surface area contributed by atoms with Crippen molar-refractivity contribution >= 4 is 11.8 Å². The number of rotatable bonds is 1. The highest BCUT2D eigenvalue weighted by molar-refractivity contribution is 5.97. The van der Waals surface area contributed by atoms with E-state index >= 15 is 0 Å². The average molecular weight is 181 g/mol. The summed E-state index contributed by atoms with van der Waals surface area (Å²) < 4.78 is 0. The van der Waals surface area contributed by atoms with Crippen molar-refractivity contribution < 1.29 is 9.59 Å². The lowest BCUT2D eigenvalue weighted by Crippen LogP contribution is -2.56. The van der Waals surface area contributed by atoms with Crippen LogP contribution in [0.2, 0.25) is 0 Å². The molecule has 70 valence electrons. The van der Waals surface area contributed by atoms with E-state index in [1.54, 1.807) is 0 Å². The molecule has 0 bridgehead atoms. The lowest BCUT2D eigenvalue weighted by molar-refractivity contribution is -0.141. The predicted molar refractivity (Wildman–Crippen MR) is 46.1 cm³/mol. The zero-order chi connectivity index (χ0) is 9.84. The van der Waals surface area contributed by atoms with E-state index in [1.807, 2.05) is 0 Å². The zero-order valence-electron chi connectivity index (χ0n) is 7.12. The molecule has 4 N–H and O–H groups in total. The molecule has 1 unspecified atom stereocenters. The van der Waals surface area contributed by atoms with E-state index in [2.05, 4.69) is 11.8 Å². The molecule has 1 saturated heterocycles. The molecule has 0 aromatic heterocycles. The van der Waals surface area contributed by atoms with Gasteiger partial charge in [-0.2, -0.15) is 0 Å². The quantitative estimate of drug-likeness (QED) is 0.460. The Morgan fingerprint density at radius 1 is 1.54 bits per heavy atom. The van der Waals surface area contributed by atoms with Crippen molar-refractivity contribution in [3.8, 4) is 11.8 Å². The molecule has 0 saturated carbocycles. The van der Waals surface area contributed by atoms with Gasteiger partial charge in [-0.3, -0.25) is 9.59 Å². The molecule has 0 aromatic carbocycles. The zero-order valence-corrected chi connectivity index (χ0v) is 7.12. The van der Waals surface area contributed by atoms with Crippen LogP contribution in [0.4, 0.5) is 0 Å².